The van der Waals surface area contributed by atoms with Crippen molar-refractivity contribution >= 4 is 45.0 Å². The van der Waals surface area contributed by atoms with E-state index in [1.807, 2.05) is 30.3 Å². The Bertz CT molecular complexity index is 1120. The Morgan fingerprint density at radius 2 is 1.65 bits per heavy atom. The maximum Gasteiger partial charge on any atom is 0.264 e. The number of carbonyl (C=O) groups excluding carboxylic acids is 1. The van der Waals surface area contributed by atoms with Crippen molar-refractivity contribution in [2.75, 3.05) is 23.1 Å². The van der Waals surface area contributed by atoms with E-state index in [4.69, 9.17) is 11.6 Å². The van der Waals surface area contributed by atoms with E-state index in [9.17, 15) is 13.2 Å². The summed E-state index contributed by atoms with van der Waals surface area (Å²) >= 11 is 7.67. The summed E-state index contributed by atoms with van der Waals surface area (Å²) < 4.78 is 27.8. The van der Waals surface area contributed by atoms with Crippen LogP contribution in [0.25, 0.3) is 0 Å². The summed E-state index contributed by atoms with van der Waals surface area (Å²) in [5.41, 5.74) is 1.08. The van der Waals surface area contributed by atoms with E-state index in [1.165, 1.54) is 12.1 Å². The summed E-state index contributed by atoms with van der Waals surface area (Å²) in [7, 11) is -3.93. The van der Waals surface area contributed by atoms with Crippen LogP contribution in [0.4, 0.5) is 5.69 Å². The molecule has 3 aromatic rings. The van der Waals surface area contributed by atoms with Crippen LogP contribution < -0.4 is 9.62 Å². The van der Waals surface area contributed by atoms with Gasteiger partial charge in [0.2, 0.25) is 5.91 Å². The van der Waals surface area contributed by atoms with Gasteiger partial charge in [-0.15, -0.1) is 11.8 Å². The van der Waals surface area contributed by atoms with Crippen LogP contribution in [0.15, 0.2) is 88.7 Å². The first-order valence-corrected chi connectivity index (χ1v) is 12.5. The minimum Gasteiger partial charge on any atom is -0.354 e. The monoisotopic (exact) mass is 474 g/mol. The number of nitrogens with zero attached hydrogens (tertiary/aromatic N) is 1. The molecule has 0 unspecified atom stereocenters. The second-order valence-electron chi connectivity index (χ2n) is 6.77. The van der Waals surface area contributed by atoms with Crippen molar-refractivity contribution in [3.8, 4) is 0 Å². The molecule has 0 saturated heterocycles. The lowest BCUT2D eigenvalue weighted by molar-refractivity contribution is -0.119. The number of amides is 1. The predicted molar refractivity (Wildman–Crippen MR) is 127 cm³/mol. The lowest BCUT2D eigenvalue weighted by Crippen LogP contribution is -2.41. The van der Waals surface area contributed by atoms with Crippen molar-refractivity contribution in [2.45, 2.75) is 16.7 Å². The average molecular weight is 475 g/mol. The number of thioether (sulfide) groups is 1. The molecular weight excluding hydrogens is 452 g/mol. The minimum absolute atomic E-state index is 0.122. The topological polar surface area (TPSA) is 66.5 Å². The molecule has 0 bridgehead atoms. The third kappa shape index (κ3) is 6.26. The minimum atomic E-state index is -3.93. The molecule has 3 aromatic carbocycles. The number of nitrogens with one attached hydrogen (secondary N) is 1. The van der Waals surface area contributed by atoms with Crippen LogP contribution in [0.5, 0.6) is 0 Å². The van der Waals surface area contributed by atoms with Gasteiger partial charge in [0.1, 0.15) is 6.54 Å². The Hall–Kier alpha value is -2.48. The van der Waals surface area contributed by atoms with Crippen LogP contribution in [0.2, 0.25) is 5.02 Å². The van der Waals surface area contributed by atoms with Crippen LogP contribution in [-0.2, 0) is 14.8 Å². The molecule has 0 aliphatic carbocycles. The number of hydrogen-bond acceptors (Lipinski definition) is 4. The van der Waals surface area contributed by atoms with Crippen molar-refractivity contribution in [1.29, 1.82) is 0 Å². The fraction of sp³-hybridized carbons (Fsp3) is 0.174. The highest BCUT2D eigenvalue weighted by Crippen LogP contribution is 2.28. The third-order valence-corrected chi connectivity index (χ3v) is 7.50. The predicted octanol–water partition coefficient (Wildman–Crippen LogP) is 4.75. The lowest BCUT2D eigenvalue weighted by Gasteiger charge is -2.25. The van der Waals surface area contributed by atoms with Crippen molar-refractivity contribution in [3.63, 3.8) is 0 Å². The van der Waals surface area contributed by atoms with E-state index >= 15 is 0 Å². The third-order valence-electron chi connectivity index (χ3n) is 4.48. The van der Waals surface area contributed by atoms with Gasteiger partial charge in [0.15, 0.2) is 0 Å². The molecule has 0 radical (unpaired) electrons. The quantitative estimate of drug-likeness (QED) is 0.359. The van der Waals surface area contributed by atoms with Crippen LogP contribution in [0.3, 0.4) is 0 Å². The zero-order chi connectivity index (χ0) is 22.3. The molecular formula is C23H23ClN2O3S2. The Morgan fingerprint density at radius 1 is 1.00 bits per heavy atom. The van der Waals surface area contributed by atoms with Gasteiger partial charge in [0.25, 0.3) is 10.0 Å². The second kappa shape index (κ2) is 10.7. The van der Waals surface area contributed by atoms with Gasteiger partial charge in [-0.2, -0.15) is 0 Å². The number of halogens is 1. The van der Waals surface area contributed by atoms with Gasteiger partial charge in [-0.05, 0) is 55.0 Å². The van der Waals surface area contributed by atoms with Crippen LogP contribution in [-0.4, -0.2) is 33.2 Å². The molecule has 1 amide bonds. The van der Waals surface area contributed by atoms with E-state index in [0.29, 0.717) is 28.6 Å². The molecule has 5 nitrogen and oxygen atoms in total. The SMILES string of the molecule is Cc1cc(Cl)ccc1N(CC(=O)NCCSc1ccccc1)S(=O)(=O)c1ccccc1. The molecule has 0 heterocycles. The van der Waals surface area contributed by atoms with Crippen LogP contribution in [0.1, 0.15) is 5.56 Å². The van der Waals surface area contributed by atoms with E-state index in [1.54, 1.807) is 55.1 Å². The summed E-state index contributed by atoms with van der Waals surface area (Å²) in [5.74, 6) is 0.309. The fourth-order valence-corrected chi connectivity index (χ4v) is 5.50. The summed E-state index contributed by atoms with van der Waals surface area (Å²) in [6.07, 6.45) is 0. The number of rotatable bonds is 9. The highest BCUT2D eigenvalue weighted by Gasteiger charge is 2.28. The van der Waals surface area contributed by atoms with E-state index < -0.39 is 10.0 Å². The van der Waals surface area contributed by atoms with Gasteiger partial charge in [-0.3, -0.25) is 9.10 Å². The molecule has 0 atom stereocenters. The molecule has 0 fully saturated rings. The Morgan fingerprint density at radius 3 is 2.29 bits per heavy atom. The van der Waals surface area contributed by atoms with Gasteiger partial charge in [-0.1, -0.05) is 48.0 Å². The molecule has 0 aliphatic rings. The first-order valence-electron chi connectivity index (χ1n) is 9.66. The molecule has 31 heavy (non-hydrogen) atoms. The van der Waals surface area contributed by atoms with Crippen LogP contribution in [0, 0.1) is 6.92 Å². The number of benzene rings is 3. The maximum atomic E-state index is 13.3. The Kier molecular flexibility index (Phi) is 8.01. The molecule has 8 heteroatoms. The van der Waals surface area contributed by atoms with E-state index in [-0.39, 0.29) is 17.3 Å². The van der Waals surface area contributed by atoms with E-state index in [2.05, 4.69) is 5.32 Å². The molecule has 3 rings (SSSR count). The fourth-order valence-electron chi connectivity index (χ4n) is 2.98. The first-order chi connectivity index (χ1) is 14.9. The number of anilines is 1. The van der Waals surface area contributed by atoms with Crippen molar-refractivity contribution < 1.29 is 13.2 Å². The Labute approximate surface area is 192 Å². The molecule has 0 aliphatic heterocycles. The zero-order valence-electron chi connectivity index (χ0n) is 17.0. The number of aryl methyl sites for hydroxylation is 1. The first kappa shape index (κ1) is 23.2. The number of carbonyl (C=O) groups is 1. The number of hydrogen-bond donors (Lipinski definition) is 1. The van der Waals surface area contributed by atoms with Gasteiger partial charge in [-0.25, -0.2) is 8.42 Å². The molecule has 0 saturated carbocycles. The zero-order valence-corrected chi connectivity index (χ0v) is 19.4. The normalized spacial score (nSPS) is 11.2. The van der Waals surface area contributed by atoms with Gasteiger partial charge in [0.05, 0.1) is 10.6 Å². The van der Waals surface area contributed by atoms with Crippen LogP contribution >= 0.6 is 23.4 Å². The summed E-state index contributed by atoms with van der Waals surface area (Å²) in [5, 5.41) is 3.32. The summed E-state index contributed by atoms with van der Waals surface area (Å²) in [6, 6.07) is 22.9. The highest BCUT2D eigenvalue weighted by atomic mass is 35.5. The van der Waals surface area contributed by atoms with Gasteiger partial charge < -0.3 is 5.32 Å². The smallest absolute Gasteiger partial charge is 0.264 e. The van der Waals surface area contributed by atoms with Crippen molar-refractivity contribution in [3.05, 3.63) is 89.4 Å². The van der Waals surface area contributed by atoms with Crippen molar-refractivity contribution in [2.24, 2.45) is 0 Å². The molecule has 162 valence electrons. The Balaban J connectivity index is 1.74. The average Bonchev–Trinajstić information content (AvgIpc) is 2.77. The van der Waals surface area contributed by atoms with Gasteiger partial charge >= 0.3 is 0 Å². The van der Waals surface area contributed by atoms with Crippen molar-refractivity contribution in [1.82, 2.24) is 5.32 Å². The van der Waals surface area contributed by atoms with E-state index in [0.717, 1.165) is 9.20 Å². The number of sulfonamides is 1. The lowest BCUT2D eigenvalue weighted by atomic mass is 10.2. The highest BCUT2D eigenvalue weighted by molar-refractivity contribution is 7.99. The molecule has 1 N–H and O–H groups in total. The van der Waals surface area contributed by atoms with Gasteiger partial charge in [0, 0.05) is 22.2 Å². The summed E-state index contributed by atoms with van der Waals surface area (Å²) in [4.78, 5) is 13.9. The largest absolute Gasteiger partial charge is 0.354 e. The molecule has 0 aromatic heterocycles. The molecule has 0 spiro atoms. The second-order valence-corrected chi connectivity index (χ2v) is 10.2. The maximum absolute atomic E-state index is 13.3. The summed E-state index contributed by atoms with van der Waals surface area (Å²) in [6.45, 7) is 1.87. The standard InChI is InChI=1S/C23H23ClN2O3S2/c1-18-16-19(24)12-13-22(18)26(31(28,29)21-10-6-3-7-11-21)17-23(27)25-14-15-30-20-8-4-2-5-9-20/h2-13,16H,14-15,17H2,1H3,(H,25,27).